The van der Waals surface area contributed by atoms with Crippen molar-refractivity contribution in [1.82, 2.24) is 0 Å². The molecule has 2 rings (SSSR count). The van der Waals surface area contributed by atoms with Crippen LogP contribution in [-0.2, 0) is 0 Å². The number of carboxylic acids is 1. The maximum Gasteiger partial charge on any atom is 0.338 e. The van der Waals surface area contributed by atoms with Crippen LogP contribution in [0.4, 0.5) is 4.39 Å². The molecule has 0 spiro atoms. The number of carbonyl (C=O) groups is 1. The van der Waals surface area contributed by atoms with E-state index in [1.807, 2.05) is 0 Å². The molecule has 0 heterocycles. The molecule has 2 aromatic rings. The molecule has 3 nitrogen and oxygen atoms in total. The summed E-state index contributed by atoms with van der Waals surface area (Å²) in [7, 11) is 1.45. The molecular weight excluding hydrogens is 271 g/mol. The van der Waals surface area contributed by atoms with Crippen LogP contribution in [0, 0.1) is 5.82 Å². The molecule has 98 valence electrons. The predicted octanol–water partition coefficient (Wildman–Crippen LogP) is 3.85. The molecule has 0 aromatic heterocycles. The summed E-state index contributed by atoms with van der Waals surface area (Å²) in [5.41, 5.74) is 0.161. The number of benzene rings is 2. The van der Waals surface area contributed by atoms with Crippen LogP contribution in [-0.4, -0.2) is 18.2 Å². The van der Waals surface area contributed by atoms with Gasteiger partial charge in [0.2, 0.25) is 0 Å². The van der Waals surface area contributed by atoms with Crippen molar-refractivity contribution >= 4 is 17.6 Å². The lowest BCUT2D eigenvalue weighted by Crippen LogP contribution is -2.02. The van der Waals surface area contributed by atoms with E-state index in [0.29, 0.717) is 16.3 Å². The van der Waals surface area contributed by atoms with Crippen LogP contribution in [0.1, 0.15) is 10.4 Å². The second-order valence-electron chi connectivity index (χ2n) is 3.82. The predicted molar refractivity (Wildman–Crippen MR) is 70.4 cm³/mol. The molecule has 5 heteroatoms. The Hall–Kier alpha value is -2.07. The van der Waals surface area contributed by atoms with E-state index in [0.717, 1.165) is 0 Å². The molecule has 0 aliphatic rings. The van der Waals surface area contributed by atoms with Crippen LogP contribution in [0.3, 0.4) is 0 Å². The fourth-order valence-electron chi connectivity index (χ4n) is 1.80. The second-order valence-corrected chi connectivity index (χ2v) is 4.25. The first kappa shape index (κ1) is 13.4. The Labute approximate surface area is 114 Å². The van der Waals surface area contributed by atoms with E-state index in [9.17, 15) is 9.18 Å². The van der Waals surface area contributed by atoms with Gasteiger partial charge in [-0.15, -0.1) is 0 Å². The lowest BCUT2D eigenvalue weighted by atomic mass is 10.0. The van der Waals surface area contributed by atoms with Gasteiger partial charge >= 0.3 is 5.97 Å². The van der Waals surface area contributed by atoms with Gasteiger partial charge in [-0.25, -0.2) is 9.18 Å². The van der Waals surface area contributed by atoms with Crippen LogP contribution in [0.25, 0.3) is 11.1 Å². The Balaban J connectivity index is 2.68. The molecule has 1 N–H and O–H groups in total. The molecule has 0 aliphatic heterocycles. The molecular formula is C14H10ClFO3. The summed E-state index contributed by atoms with van der Waals surface area (Å²) in [5, 5.41) is 9.33. The van der Waals surface area contributed by atoms with Crippen molar-refractivity contribution in [2.45, 2.75) is 0 Å². The first-order chi connectivity index (χ1) is 9.04. The third-order valence-electron chi connectivity index (χ3n) is 2.68. The summed E-state index contributed by atoms with van der Waals surface area (Å²) in [6, 6.07) is 8.91. The summed E-state index contributed by atoms with van der Waals surface area (Å²) >= 11 is 5.88. The monoisotopic (exact) mass is 280 g/mol. The van der Waals surface area contributed by atoms with Crippen molar-refractivity contribution in [3.05, 3.63) is 52.8 Å². The molecule has 0 atom stereocenters. The average Bonchev–Trinajstić information content (AvgIpc) is 2.38. The first-order valence-corrected chi connectivity index (χ1v) is 5.78. The van der Waals surface area contributed by atoms with Gasteiger partial charge in [0, 0.05) is 16.1 Å². The highest BCUT2D eigenvalue weighted by Gasteiger charge is 2.17. The van der Waals surface area contributed by atoms with Crippen LogP contribution >= 0.6 is 11.6 Å². The molecule has 0 bridgehead atoms. The van der Waals surface area contributed by atoms with E-state index in [2.05, 4.69) is 0 Å². The van der Waals surface area contributed by atoms with Gasteiger partial charge in [0.1, 0.15) is 11.6 Å². The normalized spacial score (nSPS) is 10.3. The molecule has 19 heavy (non-hydrogen) atoms. The van der Waals surface area contributed by atoms with Gasteiger partial charge in [0.15, 0.2) is 0 Å². The fourth-order valence-corrected chi connectivity index (χ4v) is 1.97. The van der Waals surface area contributed by atoms with Crippen molar-refractivity contribution in [1.29, 1.82) is 0 Å². The topological polar surface area (TPSA) is 46.5 Å². The summed E-state index contributed by atoms with van der Waals surface area (Å²) < 4.78 is 19.3. The van der Waals surface area contributed by atoms with E-state index in [4.69, 9.17) is 21.4 Å². The molecule has 0 saturated heterocycles. The highest BCUT2D eigenvalue weighted by atomic mass is 35.5. The highest BCUT2D eigenvalue weighted by Crippen LogP contribution is 2.34. The van der Waals surface area contributed by atoms with Gasteiger partial charge in [0.25, 0.3) is 0 Å². The number of aromatic carboxylic acids is 1. The molecule has 0 saturated carbocycles. The SMILES string of the molecule is COc1ccc(Cl)cc1-c1cccc(C(=O)O)c1F. The largest absolute Gasteiger partial charge is 0.496 e. The lowest BCUT2D eigenvalue weighted by Gasteiger charge is -2.11. The smallest absolute Gasteiger partial charge is 0.338 e. The van der Waals surface area contributed by atoms with Crippen LogP contribution in [0.5, 0.6) is 5.75 Å². The number of methoxy groups -OCH3 is 1. The van der Waals surface area contributed by atoms with Gasteiger partial charge in [-0.1, -0.05) is 23.7 Å². The Morgan fingerprint density at radius 3 is 2.63 bits per heavy atom. The molecule has 2 aromatic carbocycles. The van der Waals surface area contributed by atoms with Gasteiger partial charge in [-0.3, -0.25) is 0 Å². The van der Waals surface area contributed by atoms with E-state index < -0.39 is 11.8 Å². The van der Waals surface area contributed by atoms with Gasteiger partial charge in [-0.2, -0.15) is 0 Å². The molecule has 0 fully saturated rings. The second kappa shape index (κ2) is 5.28. The Kier molecular flexibility index (Phi) is 3.71. The maximum absolute atomic E-state index is 14.2. The molecule has 0 amide bonds. The van der Waals surface area contributed by atoms with Crippen molar-refractivity contribution < 1.29 is 19.0 Å². The number of carboxylic acid groups (broad SMARTS) is 1. The Bertz CT molecular complexity index is 641. The maximum atomic E-state index is 14.2. The van der Waals surface area contributed by atoms with Crippen LogP contribution in [0.15, 0.2) is 36.4 Å². The third kappa shape index (κ3) is 2.53. The summed E-state index contributed by atoms with van der Waals surface area (Å²) in [5.74, 6) is -1.71. The summed E-state index contributed by atoms with van der Waals surface area (Å²) in [4.78, 5) is 10.9. The lowest BCUT2D eigenvalue weighted by molar-refractivity contribution is 0.0692. The van der Waals surface area contributed by atoms with Crippen molar-refractivity contribution in [2.24, 2.45) is 0 Å². The van der Waals surface area contributed by atoms with Gasteiger partial charge in [0.05, 0.1) is 12.7 Å². The minimum Gasteiger partial charge on any atom is -0.496 e. The number of rotatable bonds is 3. The highest BCUT2D eigenvalue weighted by molar-refractivity contribution is 6.31. The first-order valence-electron chi connectivity index (χ1n) is 5.40. The van der Waals surface area contributed by atoms with Crippen molar-refractivity contribution in [3.8, 4) is 16.9 Å². The quantitative estimate of drug-likeness (QED) is 0.929. The Morgan fingerprint density at radius 1 is 1.26 bits per heavy atom. The number of hydrogen-bond acceptors (Lipinski definition) is 2. The standard InChI is InChI=1S/C14H10ClFO3/c1-19-12-6-5-8(15)7-11(12)9-3-2-4-10(13(9)16)14(17)18/h2-7H,1H3,(H,17,18). The number of hydrogen-bond donors (Lipinski definition) is 1. The Morgan fingerprint density at radius 2 is 2.00 bits per heavy atom. The van der Waals surface area contributed by atoms with E-state index >= 15 is 0 Å². The zero-order chi connectivity index (χ0) is 14.0. The van der Waals surface area contributed by atoms with Crippen molar-refractivity contribution in [3.63, 3.8) is 0 Å². The van der Waals surface area contributed by atoms with E-state index in [1.54, 1.807) is 12.1 Å². The van der Waals surface area contributed by atoms with Gasteiger partial charge in [-0.05, 0) is 24.3 Å². The summed E-state index contributed by atoms with van der Waals surface area (Å²) in [6.45, 7) is 0. The van der Waals surface area contributed by atoms with Crippen LogP contribution < -0.4 is 4.74 Å². The van der Waals surface area contributed by atoms with Crippen molar-refractivity contribution in [2.75, 3.05) is 7.11 Å². The van der Waals surface area contributed by atoms with Gasteiger partial charge < -0.3 is 9.84 Å². The molecule has 0 aliphatic carbocycles. The van der Waals surface area contributed by atoms with E-state index in [-0.39, 0.29) is 11.1 Å². The number of halogens is 2. The fraction of sp³-hybridized carbons (Fsp3) is 0.0714. The van der Waals surface area contributed by atoms with Crippen LogP contribution in [0.2, 0.25) is 5.02 Å². The third-order valence-corrected chi connectivity index (χ3v) is 2.92. The zero-order valence-electron chi connectivity index (χ0n) is 9.98. The molecule has 0 unspecified atom stereocenters. The van der Waals surface area contributed by atoms with E-state index in [1.165, 1.54) is 31.4 Å². The number of ether oxygens (including phenoxy) is 1. The zero-order valence-corrected chi connectivity index (χ0v) is 10.7. The summed E-state index contributed by atoms with van der Waals surface area (Å²) in [6.07, 6.45) is 0. The minimum atomic E-state index is -1.32. The molecule has 0 radical (unpaired) electrons. The minimum absolute atomic E-state index is 0.138. The average molecular weight is 281 g/mol.